The highest BCUT2D eigenvalue weighted by molar-refractivity contribution is 6.19. The lowest BCUT2D eigenvalue weighted by Gasteiger charge is -2.27. The van der Waals surface area contributed by atoms with Gasteiger partial charge in [0.1, 0.15) is 0 Å². The van der Waals surface area contributed by atoms with E-state index in [1.165, 1.54) is 6.08 Å². The Kier molecular flexibility index (Phi) is 3.21. The van der Waals surface area contributed by atoms with Crippen molar-refractivity contribution in [2.75, 3.05) is 13.1 Å². The second-order valence-electron chi connectivity index (χ2n) is 4.48. The van der Waals surface area contributed by atoms with Gasteiger partial charge in [0.25, 0.3) is 0 Å². The smallest absolute Gasteiger partial charge is 0.316 e. The Labute approximate surface area is 99.9 Å². The van der Waals surface area contributed by atoms with E-state index < -0.39 is 11.5 Å². The lowest BCUT2D eigenvalue weighted by Crippen LogP contribution is -2.28. The van der Waals surface area contributed by atoms with Crippen LogP contribution < -0.4 is 5.32 Å². The van der Waals surface area contributed by atoms with Crippen molar-refractivity contribution in [3.05, 3.63) is 36.0 Å². The molecule has 1 heterocycles. The highest BCUT2D eigenvalue weighted by atomic mass is 19.4. The fourth-order valence-corrected chi connectivity index (χ4v) is 2.12. The Morgan fingerprint density at radius 3 is 2.71 bits per heavy atom. The summed E-state index contributed by atoms with van der Waals surface area (Å²) >= 11 is 0. The Morgan fingerprint density at radius 2 is 2.12 bits per heavy atom. The van der Waals surface area contributed by atoms with Crippen LogP contribution in [0.25, 0.3) is 0 Å². The molecule has 90 valence electrons. The Balaban J connectivity index is 2.32. The van der Waals surface area contributed by atoms with E-state index >= 15 is 0 Å². The number of rotatable bonds is 1. The number of allylic oxidation sites excluding steroid dienone is 5. The Hall–Kier alpha value is -0.965. The third kappa shape index (κ3) is 2.49. The summed E-state index contributed by atoms with van der Waals surface area (Å²) in [5.41, 5.74) is 0.667. The van der Waals surface area contributed by atoms with Gasteiger partial charge >= 0.3 is 6.18 Å². The van der Waals surface area contributed by atoms with Crippen molar-refractivity contribution in [3.8, 4) is 0 Å². The van der Waals surface area contributed by atoms with Crippen LogP contribution >= 0.6 is 0 Å². The third-order valence-electron chi connectivity index (χ3n) is 3.20. The standard InChI is InChI=1S/C12H13BF3N/c13-11(12(14,15)16)5-2-1-3-9(7-11)10-4-6-17-8-10/h1-3,5,7,10,17H,4,6,8H2. The maximum atomic E-state index is 12.9. The summed E-state index contributed by atoms with van der Waals surface area (Å²) in [7, 11) is 5.45. The number of halogens is 3. The summed E-state index contributed by atoms with van der Waals surface area (Å²) in [5.74, 6) is 0.122. The molecule has 17 heavy (non-hydrogen) atoms. The van der Waals surface area contributed by atoms with Gasteiger partial charge in [0.15, 0.2) is 0 Å². The van der Waals surface area contributed by atoms with Crippen LogP contribution in [-0.2, 0) is 0 Å². The summed E-state index contributed by atoms with van der Waals surface area (Å²) in [4.78, 5) is 0. The fraction of sp³-hybridized carbons (Fsp3) is 0.500. The van der Waals surface area contributed by atoms with Crippen LogP contribution in [0.1, 0.15) is 6.42 Å². The predicted octanol–water partition coefficient (Wildman–Crippen LogP) is 2.54. The first kappa shape index (κ1) is 12.5. The van der Waals surface area contributed by atoms with E-state index in [0.29, 0.717) is 12.1 Å². The molecule has 0 bridgehead atoms. The maximum Gasteiger partial charge on any atom is 0.393 e. The van der Waals surface area contributed by atoms with Gasteiger partial charge in [0.2, 0.25) is 0 Å². The van der Waals surface area contributed by atoms with Crippen molar-refractivity contribution in [3.63, 3.8) is 0 Å². The predicted molar refractivity (Wildman–Crippen MR) is 61.8 cm³/mol. The molecule has 0 aromatic rings. The molecule has 1 saturated heterocycles. The van der Waals surface area contributed by atoms with Crippen molar-refractivity contribution < 1.29 is 13.2 Å². The molecule has 2 radical (unpaired) electrons. The molecule has 0 spiro atoms. The molecule has 1 aliphatic heterocycles. The second kappa shape index (κ2) is 4.37. The molecular weight excluding hydrogens is 226 g/mol. The zero-order valence-electron chi connectivity index (χ0n) is 9.30. The number of hydrogen-bond acceptors (Lipinski definition) is 1. The average molecular weight is 239 g/mol. The van der Waals surface area contributed by atoms with Crippen molar-refractivity contribution in [2.24, 2.45) is 5.92 Å². The van der Waals surface area contributed by atoms with E-state index in [1.807, 2.05) is 0 Å². The molecule has 0 saturated carbocycles. The molecule has 0 amide bonds. The van der Waals surface area contributed by atoms with Crippen molar-refractivity contribution in [2.45, 2.75) is 17.9 Å². The van der Waals surface area contributed by atoms with Crippen LogP contribution in [0, 0.1) is 5.92 Å². The average Bonchev–Trinajstić information content (AvgIpc) is 2.67. The SMILES string of the molecule is [B]C1(C(F)(F)F)C=CC=CC(C2CCNC2)=C1. The van der Waals surface area contributed by atoms with Crippen LogP contribution in [0.15, 0.2) is 36.0 Å². The van der Waals surface area contributed by atoms with E-state index in [4.69, 9.17) is 7.85 Å². The summed E-state index contributed by atoms with van der Waals surface area (Å²) in [6, 6.07) is 0. The van der Waals surface area contributed by atoms with Gasteiger partial charge in [0, 0.05) is 6.54 Å². The summed E-state index contributed by atoms with van der Waals surface area (Å²) in [5, 5.41) is 0.786. The Morgan fingerprint density at radius 1 is 1.35 bits per heavy atom. The van der Waals surface area contributed by atoms with Crippen molar-refractivity contribution >= 4 is 7.85 Å². The molecule has 1 nitrogen and oxygen atoms in total. The Bertz CT molecular complexity index is 378. The van der Waals surface area contributed by atoms with Crippen LogP contribution in [0.5, 0.6) is 0 Å². The minimum absolute atomic E-state index is 0.122. The zero-order valence-corrected chi connectivity index (χ0v) is 9.30. The van der Waals surface area contributed by atoms with Crippen LogP contribution in [-0.4, -0.2) is 27.1 Å². The van der Waals surface area contributed by atoms with Crippen LogP contribution in [0.2, 0.25) is 5.31 Å². The quantitative estimate of drug-likeness (QED) is 0.693. The van der Waals surface area contributed by atoms with Crippen LogP contribution in [0.3, 0.4) is 0 Å². The molecule has 5 heteroatoms. The maximum absolute atomic E-state index is 12.9. The van der Waals surface area contributed by atoms with E-state index in [0.717, 1.165) is 25.1 Å². The minimum Gasteiger partial charge on any atom is -0.316 e. The zero-order chi connectivity index (χ0) is 12.5. The lowest BCUT2D eigenvalue weighted by molar-refractivity contribution is -0.142. The van der Waals surface area contributed by atoms with Gasteiger partial charge in [-0.1, -0.05) is 30.4 Å². The monoisotopic (exact) mass is 239 g/mol. The molecule has 2 rings (SSSR count). The largest absolute Gasteiger partial charge is 0.393 e. The molecular formula is C12H13BF3N. The molecule has 2 atom stereocenters. The van der Waals surface area contributed by atoms with E-state index in [1.54, 1.807) is 12.2 Å². The van der Waals surface area contributed by atoms with Gasteiger partial charge in [-0.05, 0) is 24.5 Å². The molecule has 1 N–H and O–H groups in total. The molecule has 0 aromatic heterocycles. The van der Waals surface area contributed by atoms with Gasteiger partial charge in [-0.25, -0.2) is 0 Å². The number of alkyl halides is 3. The van der Waals surface area contributed by atoms with E-state index in [9.17, 15) is 13.2 Å². The van der Waals surface area contributed by atoms with E-state index in [2.05, 4.69) is 5.32 Å². The van der Waals surface area contributed by atoms with E-state index in [-0.39, 0.29) is 5.92 Å². The molecule has 2 unspecified atom stereocenters. The summed E-state index contributed by atoms with van der Waals surface area (Å²) in [6.07, 6.45) is 3.22. The van der Waals surface area contributed by atoms with Gasteiger partial charge in [0.05, 0.1) is 13.2 Å². The van der Waals surface area contributed by atoms with Crippen LogP contribution in [0.4, 0.5) is 13.2 Å². The lowest BCUT2D eigenvalue weighted by atomic mass is 9.66. The highest BCUT2D eigenvalue weighted by Crippen LogP contribution is 2.47. The highest BCUT2D eigenvalue weighted by Gasteiger charge is 2.47. The molecule has 1 aliphatic carbocycles. The van der Waals surface area contributed by atoms with Gasteiger partial charge < -0.3 is 5.32 Å². The van der Waals surface area contributed by atoms with Crippen molar-refractivity contribution in [1.82, 2.24) is 5.32 Å². The first-order valence-electron chi connectivity index (χ1n) is 5.57. The summed E-state index contributed by atoms with van der Waals surface area (Å²) < 4.78 is 38.7. The van der Waals surface area contributed by atoms with Gasteiger partial charge in [-0.2, -0.15) is 13.2 Å². The topological polar surface area (TPSA) is 12.0 Å². The number of nitrogens with one attached hydrogen (secondary N) is 1. The minimum atomic E-state index is -4.47. The number of hydrogen-bond donors (Lipinski definition) is 1. The molecule has 1 fully saturated rings. The third-order valence-corrected chi connectivity index (χ3v) is 3.20. The normalized spacial score (nSPS) is 33.6. The van der Waals surface area contributed by atoms with Crippen molar-refractivity contribution in [1.29, 1.82) is 0 Å². The first-order valence-corrected chi connectivity index (χ1v) is 5.57. The fourth-order valence-electron chi connectivity index (χ4n) is 2.12. The molecule has 2 aliphatic rings. The first-order chi connectivity index (χ1) is 7.92. The van der Waals surface area contributed by atoms with Gasteiger partial charge in [-0.15, -0.1) is 0 Å². The van der Waals surface area contributed by atoms with Gasteiger partial charge in [-0.3, -0.25) is 0 Å². The molecule has 0 aromatic carbocycles. The second-order valence-corrected chi connectivity index (χ2v) is 4.48. The summed E-state index contributed by atoms with van der Waals surface area (Å²) in [6.45, 7) is 1.55.